The number of hydrogen-bond donors (Lipinski definition) is 0. The highest BCUT2D eigenvalue weighted by Gasteiger charge is 2.53. The van der Waals surface area contributed by atoms with Gasteiger partial charge in [-0.1, -0.05) is 18.2 Å². The minimum atomic E-state index is -5.61. The summed E-state index contributed by atoms with van der Waals surface area (Å²) in [5.41, 5.74) is -4.16. The van der Waals surface area contributed by atoms with Gasteiger partial charge in [-0.3, -0.25) is 4.79 Å². The van der Waals surface area contributed by atoms with E-state index in [0.29, 0.717) is 12.2 Å². The lowest BCUT2D eigenvalue weighted by Crippen LogP contribution is -2.29. The zero-order valence-corrected chi connectivity index (χ0v) is 7.49. The molecule has 0 atom stereocenters. The first-order chi connectivity index (χ1) is 7.14. The smallest absolute Gasteiger partial charge is 0.289 e. The predicted octanol–water partition coefficient (Wildman–Crippen LogP) is 3.10. The Balaban J connectivity index is 3.42. The second-order valence-corrected chi connectivity index (χ2v) is 2.87. The van der Waals surface area contributed by atoms with Crippen LogP contribution in [-0.2, 0) is 4.79 Å². The van der Waals surface area contributed by atoms with E-state index in [-0.39, 0.29) is 0 Å². The molecule has 0 spiro atoms. The monoisotopic (exact) mass is 242 g/mol. The lowest BCUT2D eigenvalue weighted by atomic mass is 9.99. The van der Waals surface area contributed by atoms with Gasteiger partial charge in [-0.2, -0.15) is 26.3 Å². The number of carbonyl (C=O) groups excluding carboxylic acids is 1. The molecule has 1 nitrogen and oxygen atoms in total. The molecule has 0 aromatic carbocycles. The van der Waals surface area contributed by atoms with E-state index in [0.717, 1.165) is 12.2 Å². The summed E-state index contributed by atoms with van der Waals surface area (Å²) in [6, 6.07) is 0. The average Bonchev–Trinajstić information content (AvgIpc) is 2.03. The van der Waals surface area contributed by atoms with Gasteiger partial charge in [0.05, 0.1) is 0 Å². The molecule has 0 radical (unpaired) electrons. The Morgan fingerprint density at radius 2 is 1.31 bits per heavy atom. The molecule has 0 aromatic heterocycles. The van der Waals surface area contributed by atoms with Gasteiger partial charge in [0.15, 0.2) is 5.78 Å². The van der Waals surface area contributed by atoms with Crippen LogP contribution in [0.4, 0.5) is 26.3 Å². The minimum Gasteiger partial charge on any atom is -0.289 e. The number of ketones is 1. The van der Waals surface area contributed by atoms with Crippen LogP contribution in [0.1, 0.15) is 0 Å². The molecule has 0 saturated heterocycles. The maximum Gasteiger partial charge on any atom is 0.422 e. The quantitative estimate of drug-likeness (QED) is 0.471. The predicted molar refractivity (Wildman–Crippen MR) is 42.4 cm³/mol. The van der Waals surface area contributed by atoms with Gasteiger partial charge >= 0.3 is 12.4 Å². The molecule has 0 aromatic rings. The van der Waals surface area contributed by atoms with Crippen molar-refractivity contribution in [3.05, 3.63) is 35.5 Å². The summed E-state index contributed by atoms with van der Waals surface area (Å²) in [5, 5.41) is 0. The Hall–Kier alpha value is -1.53. The highest BCUT2D eigenvalue weighted by Crippen LogP contribution is 2.41. The highest BCUT2D eigenvalue weighted by atomic mass is 19.4. The second kappa shape index (κ2) is 3.80. The Labute approximate surface area is 85.7 Å². The van der Waals surface area contributed by atoms with Gasteiger partial charge in [-0.15, -0.1) is 0 Å². The SMILES string of the molecule is O=C1C=CC=CC1=C(C(F)(F)F)C(F)(F)F. The van der Waals surface area contributed by atoms with Crippen molar-refractivity contribution in [3.63, 3.8) is 0 Å². The van der Waals surface area contributed by atoms with E-state index >= 15 is 0 Å². The van der Waals surface area contributed by atoms with Crippen molar-refractivity contribution in [1.29, 1.82) is 0 Å². The number of carbonyl (C=O) groups is 1. The molecule has 0 amide bonds. The van der Waals surface area contributed by atoms with Crippen LogP contribution < -0.4 is 0 Å². The maximum atomic E-state index is 12.2. The highest BCUT2D eigenvalue weighted by molar-refractivity contribution is 6.08. The summed E-state index contributed by atoms with van der Waals surface area (Å²) in [7, 11) is 0. The molecule has 0 fully saturated rings. The van der Waals surface area contributed by atoms with Crippen LogP contribution in [0.5, 0.6) is 0 Å². The van der Waals surface area contributed by atoms with E-state index < -0.39 is 29.3 Å². The zero-order valence-electron chi connectivity index (χ0n) is 7.49. The molecule has 1 aliphatic carbocycles. The third-order valence-corrected chi connectivity index (χ3v) is 1.72. The largest absolute Gasteiger partial charge is 0.422 e. The normalized spacial score (nSPS) is 16.9. The second-order valence-electron chi connectivity index (χ2n) is 2.87. The van der Waals surface area contributed by atoms with Gasteiger partial charge in [-0.25, -0.2) is 0 Å². The van der Waals surface area contributed by atoms with Crippen molar-refractivity contribution in [3.8, 4) is 0 Å². The van der Waals surface area contributed by atoms with Crippen molar-refractivity contribution >= 4 is 5.78 Å². The number of halogens is 6. The molecule has 1 aliphatic rings. The van der Waals surface area contributed by atoms with E-state index in [4.69, 9.17) is 0 Å². The van der Waals surface area contributed by atoms with Crippen molar-refractivity contribution in [2.45, 2.75) is 12.4 Å². The van der Waals surface area contributed by atoms with Gasteiger partial charge in [0.1, 0.15) is 5.57 Å². The van der Waals surface area contributed by atoms with Crippen LogP contribution in [0.2, 0.25) is 0 Å². The molecule has 7 heteroatoms. The number of rotatable bonds is 0. The standard InChI is InChI=1S/C9H4F6O/c10-8(11,12)7(9(13,14)15)5-3-1-2-4-6(5)16/h1-4H. The van der Waals surface area contributed by atoms with Crippen molar-refractivity contribution in [1.82, 2.24) is 0 Å². The van der Waals surface area contributed by atoms with Gasteiger partial charge in [0.25, 0.3) is 0 Å². The fourth-order valence-electron chi connectivity index (χ4n) is 1.14. The van der Waals surface area contributed by atoms with Crippen LogP contribution in [-0.4, -0.2) is 18.1 Å². The van der Waals surface area contributed by atoms with Gasteiger partial charge < -0.3 is 0 Å². The lowest BCUT2D eigenvalue weighted by Gasteiger charge is -2.18. The fourth-order valence-corrected chi connectivity index (χ4v) is 1.14. The molecular formula is C9H4F6O. The molecule has 0 aliphatic heterocycles. The Morgan fingerprint density at radius 3 is 1.69 bits per heavy atom. The number of allylic oxidation sites excluding steroid dienone is 6. The van der Waals surface area contributed by atoms with E-state index in [1.54, 1.807) is 0 Å². The topological polar surface area (TPSA) is 17.1 Å². The molecular weight excluding hydrogens is 238 g/mol. The van der Waals surface area contributed by atoms with Crippen LogP contribution in [0.3, 0.4) is 0 Å². The summed E-state index contributed by atoms with van der Waals surface area (Å²) in [5.74, 6) is -1.31. The van der Waals surface area contributed by atoms with Crippen molar-refractivity contribution < 1.29 is 31.1 Å². The first-order valence-corrected chi connectivity index (χ1v) is 3.92. The van der Waals surface area contributed by atoms with Gasteiger partial charge in [0, 0.05) is 5.57 Å². The third-order valence-electron chi connectivity index (χ3n) is 1.72. The molecule has 0 N–H and O–H groups in total. The lowest BCUT2D eigenvalue weighted by molar-refractivity contribution is -0.173. The van der Waals surface area contributed by atoms with Gasteiger partial charge in [0.2, 0.25) is 0 Å². The maximum absolute atomic E-state index is 12.2. The summed E-state index contributed by atoms with van der Waals surface area (Å²) in [6.07, 6.45) is -8.08. The summed E-state index contributed by atoms with van der Waals surface area (Å²) in [4.78, 5) is 10.9. The summed E-state index contributed by atoms with van der Waals surface area (Å²) >= 11 is 0. The Kier molecular flexibility index (Phi) is 2.98. The fraction of sp³-hybridized carbons (Fsp3) is 0.222. The molecule has 16 heavy (non-hydrogen) atoms. The zero-order chi connectivity index (χ0) is 12.6. The Bertz CT molecular complexity index is 377. The van der Waals surface area contributed by atoms with Crippen LogP contribution >= 0.6 is 0 Å². The molecule has 88 valence electrons. The third kappa shape index (κ3) is 2.53. The summed E-state index contributed by atoms with van der Waals surface area (Å²) < 4.78 is 73.1. The molecule has 0 heterocycles. The van der Waals surface area contributed by atoms with E-state index in [1.807, 2.05) is 0 Å². The molecule has 0 saturated carbocycles. The number of hydrogen-bond acceptors (Lipinski definition) is 1. The van der Waals surface area contributed by atoms with Crippen molar-refractivity contribution in [2.75, 3.05) is 0 Å². The van der Waals surface area contributed by atoms with Crippen LogP contribution in [0.15, 0.2) is 35.5 Å². The Morgan fingerprint density at radius 1 is 0.875 bits per heavy atom. The molecule has 1 rings (SSSR count). The number of alkyl halides is 6. The van der Waals surface area contributed by atoms with E-state index in [9.17, 15) is 31.1 Å². The minimum absolute atomic E-state index is 0.499. The first-order valence-electron chi connectivity index (χ1n) is 3.92. The molecule has 0 unspecified atom stereocenters. The van der Waals surface area contributed by atoms with Gasteiger partial charge in [-0.05, 0) is 6.08 Å². The first kappa shape index (κ1) is 12.5. The van der Waals surface area contributed by atoms with E-state index in [2.05, 4.69) is 0 Å². The summed E-state index contributed by atoms with van der Waals surface area (Å²) in [6.45, 7) is 0. The van der Waals surface area contributed by atoms with Crippen LogP contribution in [0, 0.1) is 0 Å². The van der Waals surface area contributed by atoms with E-state index in [1.165, 1.54) is 0 Å². The molecule has 0 bridgehead atoms. The average molecular weight is 242 g/mol. The van der Waals surface area contributed by atoms with Crippen molar-refractivity contribution in [2.24, 2.45) is 0 Å². The van der Waals surface area contributed by atoms with Crippen LogP contribution in [0.25, 0.3) is 0 Å².